The van der Waals surface area contributed by atoms with Gasteiger partial charge < -0.3 is 10.0 Å². The van der Waals surface area contributed by atoms with Crippen LogP contribution in [-0.2, 0) is 0 Å². The summed E-state index contributed by atoms with van der Waals surface area (Å²) in [6.07, 6.45) is 0. The van der Waals surface area contributed by atoms with Crippen molar-refractivity contribution in [3.63, 3.8) is 0 Å². The molecule has 1 heterocycles. The van der Waals surface area contributed by atoms with E-state index in [9.17, 15) is 4.79 Å². The Morgan fingerprint density at radius 1 is 1.11 bits per heavy atom. The van der Waals surface area contributed by atoms with Crippen molar-refractivity contribution in [2.75, 3.05) is 11.9 Å². The molecule has 2 aromatic carbocycles. The second kappa shape index (κ2) is 4.07. The van der Waals surface area contributed by atoms with Crippen LogP contribution in [0.15, 0.2) is 52.3 Å². The number of benzene rings is 2. The van der Waals surface area contributed by atoms with Gasteiger partial charge in [-0.1, -0.05) is 23.9 Å². The van der Waals surface area contributed by atoms with Crippen LogP contribution in [0.4, 0.5) is 11.4 Å². The van der Waals surface area contributed by atoms with Crippen molar-refractivity contribution in [1.82, 2.24) is 0 Å². The number of nitrogens with zero attached hydrogens (tertiary/aromatic N) is 1. The Balaban J connectivity index is 2.13. The first kappa shape index (κ1) is 11.2. The maximum Gasteiger partial charge on any atom is 0.335 e. The van der Waals surface area contributed by atoms with Crippen LogP contribution in [0.25, 0.3) is 0 Å². The van der Waals surface area contributed by atoms with E-state index in [4.69, 9.17) is 5.11 Å². The molecule has 0 atom stereocenters. The molecule has 0 aromatic heterocycles. The summed E-state index contributed by atoms with van der Waals surface area (Å²) in [6.45, 7) is 0. The summed E-state index contributed by atoms with van der Waals surface area (Å²) in [5.74, 6) is -0.889. The van der Waals surface area contributed by atoms with E-state index in [1.165, 1.54) is 0 Å². The SMILES string of the molecule is CN1c2ccccc2Sc2cc(C(=O)O)ccc21. The maximum absolute atomic E-state index is 11.0. The zero-order valence-corrected chi connectivity index (χ0v) is 10.6. The maximum atomic E-state index is 11.0. The average molecular weight is 257 g/mol. The van der Waals surface area contributed by atoms with E-state index in [1.807, 2.05) is 31.3 Å². The van der Waals surface area contributed by atoms with E-state index in [0.29, 0.717) is 5.56 Å². The largest absolute Gasteiger partial charge is 0.478 e. The molecule has 3 rings (SSSR count). The van der Waals surface area contributed by atoms with Crippen LogP contribution < -0.4 is 4.90 Å². The third kappa shape index (κ3) is 1.66. The number of carboxylic acid groups (broad SMARTS) is 1. The number of hydrogen-bond donors (Lipinski definition) is 1. The first-order valence-electron chi connectivity index (χ1n) is 5.55. The Morgan fingerprint density at radius 2 is 1.83 bits per heavy atom. The van der Waals surface area contributed by atoms with Crippen molar-refractivity contribution in [3.05, 3.63) is 48.0 Å². The molecule has 0 saturated carbocycles. The summed E-state index contributed by atoms with van der Waals surface area (Å²) in [5.41, 5.74) is 2.52. The van der Waals surface area contributed by atoms with Crippen molar-refractivity contribution in [3.8, 4) is 0 Å². The molecule has 4 heteroatoms. The Labute approximate surface area is 109 Å². The second-order valence-electron chi connectivity index (χ2n) is 4.12. The number of anilines is 2. The molecule has 3 nitrogen and oxygen atoms in total. The molecule has 1 N–H and O–H groups in total. The lowest BCUT2D eigenvalue weighted by atomic mass is 10.2. The van der Waals surface area contributed by atoms with E-state index < -0.39 is 5.97 Å². The normalized spacial score (nSPS) is 12.8. The van der Waals surface area contributed by atoms with Gasteiger partial charge in [0, 0.05) is 16.8 Å². The highest BCUT2D eigenvalue weighted by Crippen LogP contribution is 2.47. The number of carbonyl (C=O) groups is 1. The molecule has 0 aliphatic carbocycles. The van der Waals surface area contributed by atoms with Gasteiger partial charge in [0.2, 0.25) is 0 Å². The molecule has 0 unspecified atom stereocenters. The zero-order chi connectivity index (χ0) is 12.7. The van der Waals surface area contributed by atoms with Gasteiger partial charge in [0.25, 0.3) is 0 Å². The summed E-state index contributed by atoms with van der Waals surface area (Å²) >= 11 is 1.61. The van der Waals surface area contributed by atoms with Crippen LogP contribution in [0.1, 0.15) is 10.4 Å². The third-order valence-corrected chi connectivity index (χ3v) is 4.13. The van der Waals surface area contributed by atoms with Gasteiger partial charge in [-0.15, -0.1) is 0 Å². The quantitative estimate of drug-likeness (QED) is 0.847. The molecule has 2 aromatic rings. The highest BCUT2D eigenvalue weighted by Gasteiger charge is 2.21. The number of fused-ring (bicyclic) bond motifs is 2. The monoisotopic (exact) mass is 257 g/mol. The van der Waals surface area contributed by atoms with Crippen LogP contribution in [-0.4, -0.2) is 18.1 Å². The zero-order valence-electron chi connectivity index (χ0n) is 9.75. The van der Waals surface area contributed by atoms with E-state index in [0.717, 1.165) is 21.2 Å². The molecular weight excluding hydrogens is 246 g/mol. The number of carboxylic acids is 1. The van der Waals surface area contributed by atoms with Crippen molar-refractivity contribution < 1.29 is 9.90 Å². The van der Waals surface area contributed by atoms with Gasteiger partial charge in [-0.3, -0.25) is 0 Å². The van der Waals surface area contributed by atoms with Crippen LogP contribution >= 0.6 is 11.8 Å². The molecule has 0 spiro atoms. The first-order valence-corrected chi connectivity index (χ1v) is 6.36. The van der Waals surface area contributed by atoms with Crippen LogP contribution in [0.3, 0.4) is 0 Å². The fourth-order valence-corrected chi connectivity index (χ4v) is 3.26. The highest BCUT2D eigenvalue weighted by atomic mass is 32.2. The number of hydrogen-bond acceptors (Lipinski definition) is 3. The van der Waals surface area contributed by atoms with Gasteiger partial charge in [-0.05, 0) is 30.3 Å². The number of rotatable bonds is 1. The Kier molecular flexibility index (Phi) is 2.52. The van der Waals surface area contributed by atoms with Crippen LogP contribution in [0.2, 0.25) is 0 Å². The second-order valence-corrected chi connectivity index (χ2v) is 5.20. The number of para-hydroxylation sites is 1. The van der Waals surface area contributed by atoms with Crippen LogP contribution in [0, 0.1) is 0 Å². The van der Waals surface area contributed by atoms with Crippen molar-refractivity contribution in [2.24, 2.45) is 0 Å². The molecule has 18 heavy (non-hydrogen) atoms. The lowest BCUT2D eigenvalue weighted by Crippen LogP contribution is -2.14. The molecule has 0 bridgehead atoms. The predicted molar refractivity (Wildman–Crippen MR) is 72.0 cm³/mol. The summed E-state index contributed by atoms with van der Waals surface area (Å²) in [4.78, 5) is 15.2. The van der Waals surface area contributed by atoms with E-state index in [2.05, 4.69) is 11.0 Å². The van der Waals surface area contributed by atoms with Gasteiger partial charge in [0.1, 0.15) is 0 Å². The fourth-order valence-electron chi connectivity index (χ4n) is 2.07. The minimum Gasteiger partial charge on any atom is -0.478 e. The number of aromatic carboxylic acids is 1. The molecule has 1 aliphatic heterocycles. The molecule has 1 aliphatic rings. The molecule has 0 amide bonds. The van der Waals surface area contributed by atoms with Gasteiger partial charge in [-0.2, -0.15) is 0 Å². The molecular formula is C14H11NO2S. The lowest BCUT2D eigenvalue weighted by molar-refractivity contribution is 0.0696. The van der Waals surface area contributed by atoms with Gasteiger partial charge in [-0.25, -0.2) is 4.79 Å². The molecule has 0 saturated heterocycles. The minimum atomic E-state index is -0.889. The smallest absolute Gasteiger partial charge is 0.335 e. The van der Waals surface area contributed by atoms with Gasteiger partial charge in [0.15, 0.2) is 0 Å². The van der Waals surface area contributed by atoms with Crippen molar-refractivity contribution in [1.29, 1.82) is 0 Å². The third-order valence-electron chi connectivity index (χ3n) is 3.01. The lowest BCUT2D eigenvalue weighted by Gasteiger charge is -2.29. The fraction of sp³-hybridized carbons (Fsp3) is 0.0714. The van der Waals surface area contributed by atoms with Crippen LogP contribution in [0.5, 0.6) is 0 Å². The summed E-state index contributed by atoms with van der Waals surface area (Å²) in [7, 11) is 2.00. The standard InChI is InChI=1S/C14H11NO2S/c1-15-10-4-2-3-5-12(10)18-13-8-9(14(16)17)6-7-11(13)15/h2-8H,1H3,(H,16,17). The Morgan fingerprint density at radius 3 is 2.61 bits per heavy atom. The predicted octanol–water partition coefficient (Wildman–Crippen LogP) is 3.62. The Hall–Kier alpha value is -1.94. The summed E-state index contributed by atoms with van der Waals surface area (Å²) in [6, 6.07) is 13.4. The van der Waals surface area contributed by atoms with E-state index >= 15 is 0 Å². The minimum absolute atomic E-state index is 0.328. The molecule has 0 fully saturated rings. The van der Waals surface area contributed by atoms with Gasteiger partial charge >= 0.3 is 5.97 Å². The average Bonchev–Trinajstić information content (AvgIpc) is 2.38. The highest BCUT2D eigenvalue weighted by molar-refractivity contribution is 7.99. The van der Waals surface area contributed by atoms with Gasteiger partial charge in [0.05, 0.1) is 16.9 Å². The van der Waals surface area contributed by atoms with E-state index in [-0.39, 0.29) is 0 Å². The summed E-state index contributed by atoms with van der Waals surface area (Å²) in [5, 5.41) is 9.02. The molecule has 0 radical (unpaired) electrons. The van der Waals surface area contributed by atoms with Crippen molar-refractivity contribution >= 4 is 29.1 Å². The Bertz CT molecular complexity index is 639. The van der Waals surface area contributed by atoms with E-state index in [1.54, 1.807) is 23.9 Å². The van der Waals surface area contributed by atoms with Crippen molar-refractivity contribution in [2.45, 2.75) is 9.79 Å². The first-order chi connectivity index (χ1) is 8.66. The summed E-state index contributed by atoms with van der Waals surface area (Å²) < 4.78 is 0. The topological polar surface area (TPSA) is 40.5 Å². The molecule has 90 valence electrons.